The molecule has 12 rings (SSSR count). The van der Waals surface area contributed by atoms with E-state index in [1.807, 2.05) is 18.2 Å². The Bertz CT molecular complexity index is 3460. The second-order valence-corrected chi connectivity index (χ2v) is 16.7. The van der Waals surface area contributed by atoms with E-state index in [0.717, 1.165) is 44.5 Å². The molecule has 9 aromatic carbocycles. The van der Waals surface area contributed by atoms with Crippen molar-refractivity contribution in [2.75, 3.05) is 4.90 Å². The van der Waals surface area contributed by atoms with E-state index in [4.69, 9.17) is 0 Å². The van der Waals surface area contributed by atoms with Crippen molar-refractivity contribution in [3.63, 3.8) is 0 Å². The van der Waals surface area contributed by atoms with Crippen molar-refractivity contribution in [1.29, 1.82) is 0 Å². The van der Waals surface area contributed by atoms with Crippen LogP contribution in [-0.2, 0) is 5.41 Å². The van der Waals surface area contributed by atoms with Crippen molar-refractivity contribution < 1.29 is 4.11 Å². The van der Waals surface area contributed by atoms with Crippen LogP contribution in [0.25, 0.3) is 58.4 Å². The van der Waals surface area contributed by atoms with Gasteiger partial charge >= 0.3 is 0 Å². The first-order chi connectivity index (χ1) is 30.5. The van der Waals surface area contributed by atoms with Gasteiger partial charge in [-0.3, -0.25) is 0 Å². The Labute approximate surface area is 352 Å². The summed E-state index contributed by atoms with van der Waals surface area (Å²) in [7, 11) is 0. The zero-order valence-electron chi connectivity index (χ0n) is 35.2. The van der Waals surface area contributed by atoms with Crippen LogP contribution < -0.4 is 4.90 Å². The Kier molecular flexibility index (Phi) is 7.13. The smallest absolute Gasteiger partial charge is 0.0714 e. The fraction of sp³-hybridized carbons (Fsp3) is 0.0526. The van der Waals surface area contributed by atoms with E-state index >= 15 is 0 Å². The summed E-state index contributed by atoms with van der Waals surface area (Å²) in [5, 5.41) is 7.22. The van der Waals surface area contributed by atoms with Crippen molar-refractivity contribution >= 4 is 70.0 Å². The normalized spacial score (nSPS) is 16.1. The number of allylic oxidation sites excluding steroid dienone is 2. The van der Waals surface area contributed by atoms with Crippen LogP contribution in [0.3, 0.4) is 0 Å². The van der Waals surface area contributed by atoms with Crippen LogP contribution in [0.4, 0.5) is 11.4 Å². The highest BCUT2D eigenvalue weighted by atomic mass is 32.1. The van der Waals surface area contributed by atoms with Crippen molar-refractivity contribution in [3.05, 3.63) is 246 Å². The molecule has 0 bridgehead atoms. The van der Waals surface area contributed by atoms with Gasteiger partial charge in [0.2, 0.25) is 0 Å². The molecule has 0 N–H and O–H groups in total. The predicted molar refractivity (Wildman–Crippen MR) is 252 cm³/mol. The van der Waals surface area contributed by atoms with Gasteiger partial charge in [0.15, 0.2) is 0 Å². The molecule has 0 fully saturated rings. The number of benzene rings is 9. The second kappa shape index (κ2) is 13.6. The average molecular weight is 773 g/mol. The summed E-state index contributed by atoms with van der Waals surface area (Å²) in [6.45, 7) is 0. The molecule has 0 saturated heterocycles. The lowest BCUT2D eigenvalue weighted by molar-refractivity contribution is 0.761. The highest BCUT2D eigenvalue weighted by Gasteiger charge is 2.46. The molecule has 59 heavy (non-hydrogen) atoms. The third kappa shape index (κ3) is 5.23. The summed E-state index contributed by atoms with van der Waals surface area (Å²) in [4.78, 5) is 2.20. The fourth-order valence-electron chi connectivity index (χ4n) is 9.95. The number of fused-ring (bicyclic) bond motifs is 9. The van der Waals surface area contributed by atoms with Gasteiger partial charge in [-0.15, -0.1) is 11.3 Å². The number of nitrogens with zero attached hydrogens (tertiary/aromatic N) is 1. The fourth-order valence-corrected chi connectivity index (χ4v) is 11.0. The molecule has 1 heterocycles. The molecule has 1 aromatic heterocycles. The van der Waals surface area contributed by atoms with Crippen LogP contribution in [0.2, 0.25) is 0 Å². The number of hydrogen-bond acceptors (Lipinski definition) is 2. The predicted octanol–water partition coefficient (Wildman–Crippen LogP) is 15.3. The van der Waals surface area contributed by atoms with E-state index < -0.39 is 5.41 Å². The number of rotatable bonds is 6. The zero-order valence-corrected chi connectivity index (χ0v) is 33.0. The van der Waals surface area contributed by atoms with E-state index in [9.17, 15) is 4.11 Å². The molecule has 0 saturated carbocycles. The maximum absolute atomic E-state index is 10.6. The molecule has 1 unspecified atom stereocenters. The van der Waals surface area contributed by atoms with Gasteiger partial charge in [0, 0.05) is 31.5 Å². The maximum Gasteiger partial charge on any atom is 0.0714 e. The highest BCUT2D eigenvalue weighted by Crippen LogP contribution is 2.57. The van der Waals surface area contributed by atoms with E-state index in [1.54, 1.807) is 11.3 Å². The van der Waals surface area contributed by atoms with E-state index in [1.165, 1.54) is 41.9 Å². The molecule has 0 amide bonds. The molecule has 10 aromatic rings. The third-order valence-corrected chi connectivity index (χ3v) is 13.7. The standard InChI is InChI=1S/C57H39NS/c1-3-16-40(17-4-1)57(41-18-5-2-6-19-41)53-25-13-11-23-48(53)49-33-31-44(37-54(49)57)58(43-32-34-56-52(36-43)50-24-12-14-26-55(50)59-56)42-29-27-38(28-30-42)51-35-39-15-7-8-20-45(39)46-21-9-10-22-47(46)51/h1-29,31-37,42H,30H2/i31D,33D,37D. The molecular formula is C57H39NS. The van der Waals surface area contributed by atoms with Crippen LogP contribution in [0.1, 0.15) is 38.4 Å². The quantitative estimate of drug-likeness (QED) is 0.152. The molecule has 1 nitrogen and oxygen atoms in total. The summed E-state index contributed by atoms with van der Waals surface area (Å²) >= 11 is 1.78. The molecule has 0 spiro atoms. The molecule has 2 heteroatoms. The minimum absolute atomic E-state index is 0.0550. The van der Waals surface area contributed by atoms with Crippen LogP contribution in [0, 0.1) is 0 Å². The van der Waals surface area contributed by atoms with Gasteiger partial charge in [0.25, 0.3) is 0 Å². The van der Waals surface area contributed by atoms with Crippen molar-refractivity contribution in [1.82, 2.24) is 0 Å². The highest BCUT2D eigenvalue weighted by molar-refractivity contribution is 7.25. The largest absolute Gasteiger partial charge is 0.334 e. The summed E-state index contributed by atoms with van der Waals surface area (Å²) in [5.74, 6) is 0. The molecule has 2 aliphatic rings. The van der Waals surface area contributed by atoms with E-state index in [2.05, 4.69) is 187 Å². The zero-order chi connectivity index (χ0) is 41.5. The summed E-state index contributed by atoms with van der Waals surface area (Å²) < 4.78 is 33.0. The van der Waals surface area contributed by atoms with Gasteiger partial charge < -0.3 is 4.90 Å². The second-order valence-electron chi connectivity index (χ2n) is 15.7. The lowest BCUT2D eigenvalue weighted by Crippen LogP contribution is -2.31. The molecule has 2 aliphatic carbocycles. The van der Waals surface area contributed by atoms with Crippen molar-refractivity contribution in [2.45, 2.75) is 17.9 Å². The van der Waals surface area contributed by atoms with Crippen molar-refractivity contribution in [2.24, 2.45) is 0 Å². The van der Waals surface area contributed by atoms with Gasteiger partial charge in [-0.1, -0.05) is 176 Å². The summed E-state index contributed by atoms with van der Waals surface area (Å²) in [6.07, 6.45) is 7.44. The molecule has 0 aliphatic heterocycles. The third-order valence-electron chi connectivity index (χ3n) is 12.6. The summed E-state index contributed by atoms with van der Waals surface area (Å²) in [5.41, 5.74) is 8.18. The summed E-state index contributed by atoms with van der Waals surface area (Å²) in [6, 6.07) is 64.1. The Morgan fingerprint density at radius 1 is 0.508 bits per heavy atom. The van der Waals surface area contributed by atoms with E-state index in [-0.39, 0.29) is 24.2 Å². The van der Waals surface area contributed by atoms with Gasteiger partial charge in [-0.2, -0.15) is 0 Å². The van der Waals surface area contributed by atoms with Gasteiger partial charge in [0.1, 0.15) is 0 Å². The lowest BCUT2D eigenvalue weighted by Gasteiger charge is -2.36. The van der Waals surface area contributed by atoms with Crippen LogP contribution >= 0.6 is 11.3 Å². The molecule has 0 radical (unpaired) electrons. The van der Waals surface area contributed by atoms with E-state index in [0.29, 0.717) is 17.7 Å². The molecular weight excluding hydrogens is 731 g/mol. The first kappa shape index (κ1) is 31.0. The van der Waals surface area contributed by atoms with Gasteiger partial charge in [-0.25, -0.2) is 0 Å². The minimum atomic E-state index is -0.893. The molecule has 278 valence electrons. The SMILES string of the molecule is [2H]c1c([2H])c(N(c2ccc3sc4ccccc4c3c2)C2C=CC(c3cc4ccccc4c4ccccc34)=CC2)c([2H])c2c1-c1ccccc1C2(c1ccccc1)c1ccccc1. The first-order valence-electron chi connectivity index (χ1n) is 21.9. The van der Waals surface area contributed by atoms with Crippen LogP contribution in [0.5, 0.6) is 0 Å². The van der Waals surface area contributed by atoms with Crippen LogP contribution in [0.15, 0.2) is 218 Å². The molecule has 1 atom stereocenters. The van der Waals surface area contributed by atoms with Gasteiger partial charge in [0.05, 0.1) is 15.6 Å². The monoisotopic (exact) mass is 772 g/mol. The Morgan fingerprint density at radius 2 is 1.17 bits per heavy atom. The Hall–Kier alpha value is -7.00. The number of hydrogen-bond donors (Lipinski definition) is 0. The number of anilines is 2. The average Bonchev–Trinajstić information content (AvgIpc) is 3.87. The maximum atomic E-state index is 10.6. The van der Waals surface area contributed by atoms with Crippen LogP contribution in [-0.4, -0.2) is 6.04 Å². The lowest BCUT2D eigenvalue weighted by atomic mass is 9.67. The van der Waals surface area contributed by atoms with Gasteiger partial charge in [-0.05, 0) is 115 Å². The first-order valence-corrected chi connectivity index (χ1v) is 21.2. The van der Waals surface area contributed by atoms with Crippen molar-refractivity contribution in [3.8, 4) is 11.1 Å². The Balaban J connectivity index is 1.10. The topological polar surface area (TPSA) is 3.24 Å². The number of thiophene rings is 1. The minimum Gasteiger partial charge on any atom is -0.334 e. The Morgan fingerprint density at radius 3 is 1.95 bits per heavy atom.